The average Bonchev–Trinajstić information content (AvgIpc) is 2.70. The Kier molecular flexibility index (Phi) is 9.10. The van der Waals surface area contributed by atoms with Gasteiger partial charge in [-0.05, 0) is 32.8 Å². The van der Waals surface area contributed by atoms with Gasteiger partial charge in [0.05, 0.1) is 25.3 Å². The summed E-state index contributed by atoms with van der Waals surface area (Å²) in [5.41, 5.74) is 5.93. The minimum atomic E-state index is -0.920. The molecule has 0 bridgehead atoms. The molecule has 6 N–H and O–H groups in total. The number of anilines is 2. The van der Waals surface area contributed by atoms with Gasteiger partial charge in [0.1, 0.15) is 5.82 Å². The molecular weight excluding hydrogens is 426 g/mol. The van der Waals surface area contributed by atoms with E-state index in [9.17, 15) is 9.90 Å². The van der Waals surface area contributed by atoms with Crippen LogP contribution in [0.2, 0.25) is 0 Å². The number of amides is 1. The molecule has 3 rings (SSSR count). The number of aliphatic hydroxyl groups is 1. The minimum absolute atomic E-state index is 0. The van der Waals surface area contributed by atoms with Crippen molar-refractivity contribution >= 4 is 41.0 Å². The van der Waals surface area contributed by atoms with Crippen molar-refractivity contribution in [3.8, 4) is 11.5 Å². The molecular formula is C20H32ClN5O5. The van der Waals surface area contributed by atoms with Crippen LogP contribution in [0.25, 0.3) is 10.9 Å². The van der Waals surface area contributed by atoms with Gasteiger partial charge in [0.25, 0.3) is 0 Å². The van der Waals surface area contributed by atoms with E-state index in [1.54, 1.807) is 40.2 Å². The first-order chi connectivity index (χ1) is 13.7. The van der Waals surface area contributed by atoms with Crippen molar-refractivity contribution < 1.29 is 24.9 Å². The predicted molar refractivity (Wildman–Crippen MR) is 122 cm³/mol. The Morgan fingerprint density at radius 1 is 1.23 bits per heavy atom. The highest BCUT2D eigenvalue weighted by Gasteiger charge is 2.27. The van der Waals surface area contributed by atoms with Gasteiger partial charge in [0.15, 0.2) is 11.5 Å². The van der Waals surface area contributed by atoms with E-state index in [0.717, 1.165) is 0 Å². The van der Waals surface area contributed by atoms with Crippen LogP contribution in [0.4, 0.5) is 11.8 Å². The second-order valence-electron chi connectivity index (χ2n) is 7.92. The van der Waals surface area contributed by atoms with Crippen molar-refractivity contribution in [2.75, 3.05) is 44.5 Å². The Balaban J connectivity index is 0.00000240. The molecule has 1 aliphatic rings. The molecule has 31 heavy (non-hydrogen) atoms. The molecule has 0 saturated carbocycles. The number of halogens is 1. The third kappa shape index (κ3) is 6.22. The number of methoxy groups -OCH3 is 2. The first kappa shape index (κ1) is 26.5. The summed E-state index contributed by atoms with van der Waals surface area (Å²) < 4.78 is 10.7. The lowest BCUT2D eigenvalue weighted by molar-refractivity contribution is -0.126. The number of hydrogen-bond donors (Lipinski definition) is 3. The molecule has 11 heteroatoms. The Hall–Kier alpha value is -2.56. The molecule has 0 spiro atoms. The summed E-state index contributed by atoms with van der Waals surface area (Å²) in [5, 5.41) is 13.3. The zero-order valence-electron chi connectivity index (χ0n) is 18.3. The smallest absolute Gasteiger partial charge is 0.227 e. The number of carbonyl (C=O) groups is 1. The summed E-state index contributed by atoms with van der Waals surface area (Å²) in [4.78, 5) is 23.5. The van der Waals surface area contributed by atoms with Gasteiger partial charge in [-0.3, -0.25) is 4.79 Å². The first-order valence-electron chi connectivity index (χ1n) is 9.66. The topological polar surface area (TPSA) is 154 Å². The van der Waals surface area contributed by atoms with Gasteiger partial charge in [-0.15, -0.1) is 12.4 Å². The van der Waals surface area contributed by atoms with Crippen molar-refractivity contribution in [2.24, 2.45) is 5.92 Å². The van der Waals surface area contributed by atoms with Gasteiger partial charge in [-0.1, -0.05) is 0 Å². The fourth-order valence-electron chi connectivity index (χ4n) is 3.40. The molecule has 0 radical (unpaired) electrons. The summed E-state index contributed by atoms with van der Waals surface area (Å²) in [5.74, 6) is 1.94. The Bertz CT molecular complexity index is 898. The summed E-state index contributed by atoms with van der Waals surface area (Å²) in [6.45, 7) is 4.88. The van der Waals surface area contributed by atoms with Crippen LogP contribution in [-0.2, 0) is 4.79 Å². The molecule has 174 valence electrons. The third-order valence-electron chi connectivity index (χ3n) is 5.06. The number of fused-ring (bicyclic) bond motifs is 1. The van der Waals surface area contributed by atoms with E-state index in [4.69, 9.17) is 15.2 Å². The number of nitrogens with zero attached hydrogens (tertiary/aromatic N) is 3. The molecule has 0 unspecified atom stereocenters. The quantitative estimate of drug-likeness (QED) is 0.578. The van der Waals surface area contributed by atoms with Crippen LogP contribution in [0.5, 0.6) is 11.5 Å². The van der Waals surface area contributed by atoms with Gasteiger partial charge in [0, 0.05) is 37.0 Å². The highest BCUT2D eigenvalue weighted by Crippen LogP contribution is 2.34. The van der Waals surface area contributed by atoms with Crippen molar-refractivity contribution in [3.63, 3.8) is 0 Å². The maximum Gasteiger partial charge on any atom is 0.227 e. The molecule has 1 saturated heterocycles. The van der Waals surface area contributed by atoms with Crippen LogP contribution in [0.15, 0.2) is 12.1 Å². The Labute approximate surface area is 187 Å². The predicted octanol–water partition coefficient (Wildman–Crippen LogP) is 0.930. The number of rotatable bonds is 6. The maximum absolute atomic E-state index is 12.3. The molecule has 1 aliphatic heterocycles. The largest absolute Gasteiger partial charge is 0.493 e. The van der Waals surface area contributed by atoms with Crippen LogP contribution >= 0.6 is 12.4 Å². The monoisotopic (exact) mass is 457 g/mol. The van der Waals surface area contributed by atoms with Gasteiger partial charge < -0.3 is 36.0 Å². The molecule has 1 fully saturated rings. The second-order valence-corrected chi connectivity index (χ2v) is 7.92. The third-order valence-corrected chi connectivity index (χ3v) is 5.06. The number of carbonyl (C=O) groups excluding carboxylic acids is 1. The lowest BCUT2D eigenvalue weighted by Crippen LogP contribution is -2.44. The van der Waals surface area contributed by atoms with Crippen LogP contribution in [0.3, 0.4) is 0 Å². The lowest BCUT2D eigenvalue weighted by Gasteiger charge is -2.32. The normalized spacial score (nSPS) is 14.4. The molecule has 10 nitrogen and oxygen atoms in total. The fourth-order valence-corrected chi connectivity index (χ4v) is 3.40. The zero-order chi connectivity index (χ0) is 21.2. The van der Waals surface area contributed by atoms with E-state index in [2.05, 4.69) is 15.3 Å². The van der Waals surface area contributed by atoms with E-state index in [1.807, 2.05) is 4.90 Å². The zero-order valence-corrected chi connectivity index (χ0v) is 19.1. The molecule has 2 heterocycles. The van der Waals surface area contributed by atoms with Crippen LogP contribution in [0.1, 0.15) is 26.7 Å². The maximum atomic E-state index is 12.3. The van der Waals surface area contributed by atoms with E-state index >= 15 is 0 Å². The lowest BCUT2D eigenvalue weighted by atomic mass is 9.95. The van der Waals surface area contributed by atoms with Crippen molar-refractivity contribution in [2.45, 2.75) is 32.3 Å². The number of piperidine rings is 1. The summed E-state index contributed by atoms with van der Waals surface area (Å²) >= 11 is 0. The van der Waals surface area contributed by atoms with Crippen molar-refractivity contribution in [1.29, 1.82) is 0 Å². The molecule has 2 aromatic rings. The molecule has 1 aromatic carbocycles. The first-order valence-corrected chi connectivity index (χ1v) is 9.66. The van der Waals surface area contributed by atoms with Gasteiger partial charge in [-0.25, -0.2) is 4.98 Å². The SMILES string of the molecule is COc1cc2nc(N3CCC(C(=O)NCC(C)(C)O)CC3)nc(N)c2cc1OC.Cl.O. The Morgan fingerprint density at radius 2 is 1.81 bits per heavy atom. The number of nitrogens with one attached hydrogen (secondary N) is 1. The van der Waals surface area contributed by atoms with E-state index in [-0.39, 0.29) is 36.3 Å². The molecule has 1 aromatic heterocycles. The number of nitrogen functional groups attached to an aromatic ring is 1. The number of benzene rings is 1. The van der Waals surface area contributed by atoms with Crippen molar-refractivity contribution in [1.82, 2.24) is 15.3 Å². The number of ether oxygens (including phenoxy) is 2. The van der Waals surface area contributed by atoms with E-state index in [0.29, 0.717) is 60.1 Å². The second kappa shape index (κ2) is 10.7. The average molecular weight is 458 g/mol. The summed E-state index contributed by atoms with van der Waals surface area (Å²) in [6.07, 6.45) is 1.37. The van der Waals surface area contributed by atoms with Gasteiger partial charge in [-0.2, -0.15) is 4.98 Å². The van der Waals surface area contributed by atoms with Crippen LogP contribution in [-0.4, -0.2) is 65.9 Å². The summed E-state index contributed by atoms with van der Waals surface area (Å²) in [6, 6.07) is 3.55. The molecule has 1 amide bonds. The highest BCUT2D eigenvalue weighted by molar-refractivity contribution is 5.91. The minimum Gasteiger partial charge on any atom is -0.493 e. The van der Waals surface area contributed by atoms with Crippen molar-refractivity contribution in [3.05, 3.63) is 12.1 Å². The number of hydrogen-bond acceptors (Lipinski definition) is 8. The summed E-state index contributed by atoms with van der Waals surface area (Å²) in [7, 11) is 3.14. The van der Waals surface area contributed by atoms with Crippen LogP contribution < -0.4 is 25.4 Å². The van der Waals surface area contributed by atoms with Gasteiger partial charge >= 0.3 is 0 Å². The standard InChI is InChI=1S/C20H29N5O4.ClH.H2O/c1-20(2,27)11-22-18(26)12-5-7-25(8-6-12)19-23-14-10-16(29-4)15(28-3)9-13(14)17(21)24-19;;/h9-10,12,27H,5-8,11H2,1-4H3,(H,22,26)(H2,21,23,24);1H;1H2. The molecule has 0 aliphatic carbocycles. The fraction of sp³-hybridized carbons (Fsp3) is 0.550. The van der Waals surface area contributed by atoms with E-state index < -0.39 is 5.60 Å². The number of nitrogens with two attached hydrogens (primary N) is 1. The molecule has 0 atom stereocenters. The van der Waals surface area contributed by atoms with Crippen LogP contribution in [0, 0.1) is 5.92 Å². The number of aromatic nitrogens is 2. The Morgan fingerprint density at radius 3 is 2.35 bits per heavy atom. The highest BCUT2D eigenvalue weighted by atomic mass is 35.5. The van der Waals surface area contributed by atoms with Gasteiger partial charge in [0.2, 0.25) is 11.9 Å². The van der Waals surface area contributed by atoms with E-state index in [1.165, 1.54) is 0 Å².